The van der Waals surface area contributed by atoms with Gasteiger partial charge in [-0.25, -0.2) is 0 Å². The molecule has 0 radical (unpaired) electrons. The van der Waals surface area contributed by atoms with E-state index < -0.39 is 0 Å². The predicted octanol–water partition coefficient (Wildman–Crippen LogP) is 2.81. The maximum absolute atomic E-state index is 12.2. The van der Waals surface area contributed by atoms with Crippen molar-refractivity contribution in [3.05, 3.63) is 35.9 Å². The van der Waals surface area contributed by atoms with Gasteiger partial charge < -0.3 is 4.74 Å². The van der Waals surface area contributed by atoms with Crippen molar-refractivity contribution >= 4 is 17.5 Å². The molecular formula is C18H20O4. The fraction of sp³-hybridized carbons (Fsp3) is 0.500. The van der Waals surface area contributed by atoms with Gasteiger partial charge in [0.15, 0.2) is 12.4 Å². The van der Waals surface area contributed by atoms with Gasteiger partial charge in [-0.1, -0.05) is 36.8 Å². The second-order valence-corrected chi connectivity index (χ2v) is 6.29. The number of hydrogen-bond acceptors (Lipinski definition) is 4. The largest absolute Gasteiger partial charge is 0.457 e. The van der Waals surface area contributed by atoms with Gasteiger partial charge >= 0.3 is 5.97 Å². The van der Waals surface area contributed by atoms with E-state index in [4.69, 9.17) is 4.74 Å². The first-order valence-corrected chi connectivity index (χ1v) is 7.93. The van der Waals surface area contributed by atoms with E-state index in [0.29, 0.717) is 24.2 Å². The highest BCUT2D eigenvalue weighted by Crippen LogP contribution is 2.40. The highest BCUT2D eigenvalue weighted by Gasteiger charge is 2.41. The first-order chi connectivity index (χ1) is 10.6. The number of ether oxygens (including phenoxy) is 1. The molecule has 116 valence electrons. The molecule has 0 heterocycles. The Bertz CT molecular complexity index is 562. The molecule has 2 fully saturated rings. The van der Waals surface area contributed by atoms with Gasteiger partial charge in [-0.05, 0) is 25.7 Å². The second-order valence-electron chi connectivity index (χ2n) is 6.29. The summed E-state index contributed by atoms with van der Waals surface area (Å²) in [6, 6.07) is 8.81. The van der Waals surface area contributed by atoms with Gasteiger partial charge in [-0.15, -0.1) is 0 Å². The minimum absolute atomic E-state index is 0.0230. The molecule has 0 N–H and O–H groups in total. The van der Waals surface area contributed by atoms with E-state index in [-0.39, 0.29) is 36.1 Å². The summed E-state index contributed by atoms with van der Waals surface area (Å²) in [5.74, 6) is -0.369. The van der Waals surface area contributed by atoms with Crippen LogP contribution in [0.3, 0.4) is 0 Å². The summed E-state index contributed by atoms with van der Waals surface area (Å²) in [6.45, 7) is -0.220. The Morgan fingerprint density at radius 3 is 2.32 bits per heavy atom. The lowest BCUT2D eigenvalue weighted by Crippen LogP contribution is -2.39. The van der Waals surface area contributed by atoms with Gasteiger partial charge in [0.05, 0.1) is 5.92 Å². The van der Waals surface area contributed by atoms with Gasteiger partial charge in [0.25, 0.3) is 0 Å². The van der Waals surface area contributed by atoms with E-state index in [2.05, 4.69) is 0 Å². The number of fused-ring (bicyclic) bond motifs is 2. The van der Waals surface area contributed by atoms with Crippen molar-refractivity contribution < 1.29 is 19.1 Å². The Morgan fingerprint density at radius 1 is 1.05 bits per heavy atom. The van der Waals surface area contributed by atoms with Crippen molar-refractivity contribution in [2.45, 2.75) is 32.1 Å². The van der Waals surface area contributed by atoms with Crippen molar-refractivity contribution in [3.63, 3.8) is 0 Å². The van der Waals surface area contributed by atoms with E-state index in [1.54, 1.807) is 24.3 Å². The fourth-order valence-corrected chi connectivity index (χ4v) is 3.63. The monoisotopic (exact) mass is 300 g/mol. The molecule has 2 aliphatic rings. The summed E-state index contributed by atoms with van der Waals surface area (Å²) in [5.41, 5.74) is 0.547. The van der Waals surface area contributed by atoms with Crippen LogP contribution in [-0.2, 0) is 14.3 Å². The molecular weight excluding hydrogens is 280 g/mol. The fourth-order valence-electron chi connectivity index (χ4n) is 3.63. The average molecular weight is 300 g/mol. The molecule has 2 saturated carbocycles. The van der Waals surface area contributed by atoms with Crippen molar-refractivity contribution in [1.29, 1.82) is 0 Å². The first-order valence-electron chi connectivity index (χ1n) is 7.93. The number of carbonyl (C=O) groups is 3. The lowest BCUT2D eigenvalue weighted by atomic mass is 9.67. The van der Waals surface area contributed by atoms with Crippen LogP contribution < -0.4 is 0 Å². The number of rotatable bonds is 4. The molecule has 1 aromatic carbocycles. The van der Waals surface area contributed by atoms with Crippen LogP contribution >= 0.6 is 0 Å². The number of Topliss-reactive ketones (excluding diaryl/α,β-unsaturated/α-hetero) is 2. The Balaban J connectivity index is 1.54. The minimum Gasteiger partial charge on any atom is -0.457 e. The molecule has 2 aliphatic carbocycles. The zero-order chi connectivity index (χ0) is 15.5. The maximum Gasteiger partial charge on any atom is 0.309 e. The van der Waals surface area contributed by atoms with Gasteiger partial charge in [0.1, 0.15) is 5.78 Å². The SMILES string of the molecule is O=C(COC(=O)C1C[C@@H]2CCC[C@@H](C1)C2=O)c1ccccc1. The molecule has 2 atom stereocenters. The minimum atomic E-state index is -0.325. The molecule has 0 unspecified atom stereocenters. The normalized spacial score (nSPS) is 27.3. The summed E-state index contributed by atoms with van der Waals surface area (Å²) in [4.78, 5) is 36.2. The molecule has 0 spiro atoms. The third-order valence-corrected chi connectivity index (χ3v) is 4.82. The lowest BCUT2D eigenvalue weighted by Gasteiger charge is -2.36. The van der Waals surface area contributed by atoms with E-state index in [9.17, 15) is 14.4 Å². The van der Waals surface area contributed by atoms with Crippen LogP contribution in [0.5, 0.6) is 0 Å². The smallest absolute Gasteiger partial charge is 0.309 e. The zero-order valence-corrected chi connectivity index (χ0v) is 12.5. The van der Waals surface area contributed by atoms with Gasteiger partial charge in [-0.2, -0.15) is 0 Å². The highest BCUT2D eigenvalue weighted by molar-refractivity contribution is 5.98. The van der Waals surface area contributed by atoms with E-state index in [0.717, 1.165) is 19.3 Å². The molecule has 0 amide bonds. The van der Waals surface area contributed by atoms with Crippen LogP contribution in [0.15, 0.2) is 30.3 Å². The standard InChI is InChI=1S/C18H20O4/c19-16(12-5-2-1-3-6-12)11-22-18(21)15-9-13-7-4-8-14(10-15)17(13)20/h1-3,5-6,13-15H,4,7-11H2/t13-,14-/m0/s1. The molecule has 0 aromatic heterocycles. The Labute approximate surface area is 129 Å². The molecule has 4 nitrogen and oxygen atoms in total. The number of ketones is 2. The first kappa shape index (κ1) is 14.9. The van der Waals surface area contributed by atoms with Crippen molar-refractivity contribution in [3.8, 4) is 0 Å². The molecule has 3 rings (SSSR count). The van der Waals surface area contributed by atoms with Crippen molar-refractivity contribution in [1.82, 2.24) is 0 Å². The third-order valence-electron chi connectivity index (χ3n) is 4.82. The van der Waals surface area contributed by atoms with Gasteiger partial charge in [0, 0.05) is 17.4 Å². The van der Waals surface area contributed by atoms with Crippen LogP contribution in [0.1, 0.15) is 42.5 Å². The molecule has 22 heavy (non-hydrogen) atoms. The average Bonchev–Trinajstić information content (AvgIpc) is 2.53. The van der Waals surface area contributed by atoms with Crippen LogP contribution in [0.25, 0.3) is 0 Å². The predicted molar refractivity (Wildman–Crippen MR) is 80.3 cm³/mol. The molecule has 0 aliphatic heterocycles. The quantitative estimate of drug-likeness (QED) is 0.633. The zero-order valence-electron chi connectivity index (χ0n) is 12.5. The third kappa shape index (κ3) is 3.11. The molecule has 0 saturated heterocycles. The Hall–Kier alpha value is -1.97. The number of benzene rings is 1. The van der Waals surface area contributed by atoms with E-state index in [1.807, 2.05) is 6.07 Å². The van der Waals surface area contributed by atoms with Crippen LogP contribution in [0, 0.1) is 17.8 Å². The topological polar surface area (TPSA) is 60.4 Å². The molecule has 4 heteroatoms. The van der Waals surface area contributed by atoms with E-state index >= 15 is 0 Å². The van der Waals surface area contributed by atoms with Crippen molar-refractivity contribution in [2.75, 3.05) is 6.61 Å². The molecule has 2 bridgehead atoms. The van der Waals surface area contributed by atoms with Crippen LogP contribution in [0.2, 0.25) is 0 Å². The summed E-state index contributed by atoms with van der Waals surface area (Å²) in [7, 11) is 0. The maximum atomic E-state index is 12.2. The Kier molecular flexibility index (Phi) is 4.36. The summed E-state index contributed by atoms with van der Waals surface area (Å²) >= 11 is 0. The summed E-state index contributed by atoms with van der Waals surface area (Å²) in [6.07, 6.45) is 4.04. The van der Waals surface area contributed by atoms with Gasteiger partial charge in [0.2, 0.25) is 0 Å². The Morgan fingerprint density at radius 2 is 1.68 bits per heavy atom. The summed E-state index contributed by atoms with van der Waals surface area (Å²) in [5, 5.41) is 0. The van der Waals surface area contributed by atoms with Crippen LogP contribution in [-0.4, -0.2) is 24.1 Å². The van der Waals surface area contributed by atoms with Crippen molar-refractivity contribution in [2.24, 2.45) is 17.8 Å². The second kappa shape index (κ2) is 6.42. The number of carbonyl (C=O) groups excluding carboxylic acids is 3. The number of esters is 1. The lowest BCUT2D eigenvalue weighted by molar-refractivity contribution is -0.152. The van der Waals surface area contributed by atoms with E-state index in [1.165, 1.54) is 0 Å². The molecule has 1 aromatic rings. The van der Waals surface area contributed by atoms with Crippen LogP contribution in [0.4, 0.5) is 0 Å². The highest BCUT2D eigenvalue weighted by atomic mass is 16.5. The van der Waals surface area contributed by atoms with Gasteiger partial charge in [-0.3, -0.25) is 14.4 Å². The number of hydrogen-bond donors (Lipinski definition) is 0. The summed E-state index contributed by atoms with van der Waals surface area (Å²) < 4.78 is 5.20.